The third kappa shape index (κ3) is 4.19. The van der Waals surface area contributed by atoms with Crippen molar-refractivity contribution in [1.29, 1.82) is 0 Å². The van der Waals surface area contributed by atoms with Gasteiger partial charge < -0.3 is 14.1 Å². The maximum atomic E-state index is 13.1. The summed E-state index contributed by atoms with van der Waals surface area (Å²) in [5.74, 6) is 0.874. The first-order valence-corrected chi connectivity index (χ1v) is 11.6. The van der Waals surface area contributed by atoms with Crippen LogP contribution in [-0.4, -0.2) is 30.0 Å². The fourth-order valence-electron chi connectivity index (χ4n) is 4.67. The summed E-state index contributed by atoms with van der Waals surface area (Å²) < 4.78 is 12.1. The Morgan fingerprint density at radius 2 is 1.97 bits per heavy atom. The molecule has 1 amide bonds. The Labute approximate surface area is 190 Å². The first-order chi connectivity index (χ1) is 15.4. The molecule has 0 radical (unpaired) electrons. The van der Waals surface area contributed by atoms with Gasteiger partial charge in [-0.1, -0.05) is 29.8 Å². The van der Waals surface area contributed by atoms with Crippen LogP contribution < -0.4 is 4.74 Å². The van der Waals surface area contributed by atoms with E-state index < -0.39 is 0 Å². The number of allylic oxidation sites excluding steroid dienone is 1. The van der Waals surface area contributed by atoms with E-state index in [1.54, 1.807) is 6.08 Å². The van der Waals surface area contributed by atoms with Crippen LogP contribution in [0.1, 0.15) is 56.7 Å². The molecule has 4 heteroatoms. The molecular formula is C28H33NO3. The van der Waals surface area contributed by atoms with E-state index in [1.165, 1.54) is 12.0 Å². The lowest BCUT2D eigenvalue weighted by molar-refractivity contribution is -0.129. The van der Waals surface area contributed by atoms with Gasteiger partial charge in [0.1, 0.15) is 11.3 Å². The van der Waals surface area contributed by atoms with E-state index in [1.807, 2.05) is 31.9 Å². The van der Waals surface area contributed by atoms with E-state index >= 15 is 0 Å². The van der Waals surface area contributed by atoms with E-state index in [9.17, 15) is 4.79 Å². The lowest BCUT2D eigenvalue weighted by atomic mass is 9.96. The van der Waals surface area contributed by atoms with Crippen molar-refractivity contribution in [1.82, 2.24) is 4.90 Å². The predicted octanol–water partition coefficient (Wildman–Crippen LogP) is 6.92. The number of piperidine rings is 1. The van der Waals surface area contributed by atoms with Gasteiger partial charge in [-0.3, -0.25) is 4.79 Å². The van der Waals surface area contributed by atoms with Gasteiger partial charge in [-0.25, -0.2) is 0 Å². The molecule has 1 fully saturated rings. The number of fused-ring (bicyclic) bond motifs is 1. The van der Waals surface area contributed by atoms with E-state index in [0.717, 1.165) is 63.9 Å². The van der Waals surface area contributed by atoms with Gasteiger partial charge in [0.15, 0.2) is 0 Å². The Kier molecular flexibility index (Phi) is 6.40. The topological polar surface area (TPSA) is 42.7 Å². The summed E-state index contributed by atoms with van der Waals surface area (Å²) in [4.78, 5) is 15.1. The Morgan fingerprint density at radius 1 is 1.22 bits per heavy atom. The molecule has 3 aromatic rings. The zero-order valence-electron chi connectivity index (χ0n) is 19.8. The zero-order valence-corrected chi connectivity index (χ0v) is 19.8. The number of aryl methyl sites for hydroxylation is 2. The number of nitrogens with zero attached hydrogens (tertiary/aromatic N) is 1. The van der Waals surface area contributed by atoms with Crippen molar-refractivity contribution in [3.05, 3.63) is 59.4 Å². The molecular weight excluding hydrogens is 398 g/mol. The highest BCUT2D eigenvalue weighted by Crippen LogP contribution is 2.41. The molecule has 4 nitrogen and oxygen atoms in total. The van der Waals surface area contributed by atoms with Crippen LogP contribution in [0.3, 0.4) is 0 Å². The minimum Gasteiger partial charge on any atom is -0.493 e. The van der Waals surface area contributed by atoms with Gasteiger partial charge in [0.05, 0.1) is 12.9 Å². The minimum absolute atomic E-state index is 0.0841. The highest BCUT2D eigenvalue weighted by Gasteiger charge is 2.23. The third-order valence-electron chi connectivity index (χ3n) is 6.55. The van der Waals surface area contributed by atoms with Gasteiger partial charge in [-0.15, -0.1) is 0 Å². The molecule has 0 aliphatic carbocycles. The summed E-state index contributed by atoms with van der Waals surface area (Å²) in [5, 5.41) is 1.04. The molecule has 0 bridgehead atoms. The van der Waals surface area contributed by atoms with E-state index in [-0.39, 0.29) is 11.9 Å². The molecule has 1 aromatic heterocycles. The molecule has 1 unspecified atom stereocenters. The Bertz CT molecular complexity index is 1150. The zero-order chi connectivity index (χ0) is 22.8. The lowest BCUT2D eigenvalue weighted by Gasteiger charge is -2.32. The number of carbonyl (C=O) groups is 1. The second kappa shape index (κ2) is 9.23. The van der Waals surface area contributed by atoms with Crippen LogP contribution in [-0.2, 0) is 4.79 Å². The molecule has 0 spiro atoms. The van der Waals surface area contributed by atoms with E-state index in [2.05, 4.69) is 44.2 Å². The number of carbonyl (C=O) groups excluding carboxylic acids is 1. The van der Waals surface area contributed by atoms with Crippen LogP contribution in [0.2, 0.25) is 0 Å². The Balaban J connectivity index is 1.81. The summed E-state index contributed by atoms with van der Waals surface area (Å²) >= 11 is 0. The molecule has 1 saturated heterocycles. The van der Waals surface area contributed by atoms with Gasteiger partial charge in [0.2, 0.25) is 5.91 Å². The van der Waals surface area contributed by atoms with Crippen LogP contribution in [0.4, 0.5) is 0 Å². The molecule has 4 rings (SSSR count). The van der Waals surface area contributed by atoms with Crippen molar-refractivity contribution < 1.29 is 13.9 Å². The minimum atomic E-state index is 0.0841. The molecule has 0 N–H and O–H groups in total. The van der Waals surface area contributed by atoms with Gasteiger partial charge >= 0.3 is 0 Å². The maximum Gasteiger partial charge on any atom is 0.247 e. The number of benzene rings is 2. The number of ether oxygens (including phenoxy) is 1. The van der Waals surface area contributed by atoms with Gasteiger partial charge in [0, 0.05) is 40.7 Å². The van der Waals surface area contributed by atoms with Crippen molar-refractivity contribution >= 4 is 22.4 Å². The number of likely N-dealkylation sites (tertiary alicyclic amines) is 1. The third-order valence-corrected chi connectivity index (χ3v) is 6.55. The van der Waals surface area contributed by atoms with Crippen LogP contribution >= 0.6 is 0 Å². The van der Waals surface area contributed by atoms with Crippen LogP contribution in [0.15, 0.2) is 47.1 Å². The fraction of sp³-hybridized carbons (Fsp3) is 0.393. The highest BCUT2D eigenvalue weighted by molar-refractivity contribution is 6.01. The summed E-state index contributed by atoms with van der Waals surface area (Å²) in [7, 11) is 0. The number of hydrogen-bond donors (Lipinski definition) is 0. The molecule has 1 atom stereocenters. The van der Waals surface area contributed by atoms with Gasteiger partial charge in [-0.2, -0.15) is 0 Å². The molecule has 0 saturated carbocycles. The fourth-order valence-corrected chi connectivity index (χ4v) is 4.67. The smallest absolute Gasteiger partial charge is 0.247 e. The molecule has 2 heterocycles. The number of rotatable bonds is 5. The van der Waals surface area contributed by atoms with Crippen molar-refractivity contribution in [2.45, 2.75) is 59.9 Å². The maximum absolute atomic E-state index is 13.1. The van der Waals surface area contributed by atoms with E-state index in [0.29, 0.717) is 6.61 Å². The predicted molar refractivity (Wildman–Crippen MR) is 131 cm³/mol. The van der Waals surface area contributed by atoms with Crippen molar-refractivity contribution in [3.63, 3.8) is 0 Å². The quantitative estimate of drug-likeness (QED) is 0.412. The molecule has 1 aliphatic heterocycles. The van der Waals surface area contributed by atoms with Gasteiger partial charge in [0.25, 0.3) is 0 Å². The summed E-state index contributed by atoms with van der Waals surface area (Å²) in [5.41, 5.74) is 7.05. The first-order valence-electron chi connectivity index (χ1n) is 11.6. The lowest BCUT2D eigenvalue weighted by Crippen LogP contribution is -2.41. The van der Waals surface area contributed by atoms with Crippen molar-refractivity contribution in [3.8, 4) is 16.9 Å². The number of amides is 1. The molecule has 32 heavy (non-hydrogen) atoms. The first kappa shape index (κ1) is 22.2. The summed E-state index contributed by atoms with van der Waals surface area (Å²) in [6.07, 6.45) is 6.94. The number of hydrogen-bond acceptors (Lipinski definition) is 3. The summed E-state index contributed by atoms with van der Waals surface area (Å²) in [6, 6.07) is 10.9. The summed E-state index contributed by atoms with van der Waals surface area (Å²) in [6.45, 7) is 11.6. The molecule has 1 aliphatic rings. The van der Waals surface area contributed by atoms with Crippen LogP contribution in [0, 0.1) is 13.8 Å². The van der Waals surface area contributed by atoms with Crippen LogP contribution in [0.5, 0.6) is 5.75 Å². The van der Waals surface area contributed by atoms with E-state index in [4.69, 9.17) is 9.15 Å². The highest BCUT2D eigenvalue weighted by atomic mass is 16.5. The van der Waals surface area contributed by atoms with Crippen LogP contribution in [0.25, 0.3) is 27.7 Å². The normalized spacial score (nSPS) is 17.1. The van der Waals surface area contributed by atoms with Crippen molar-refractivity contribution in [2.75, 3.05) is 13.2 Å². The second-order valence-electron chi connectivity index (χ2n) is 8.91. The van der Waals surface area contributed by atoms with Gasteiger partial charge in [-0.05, 0) is 71.1 Å². The standard InChI is InChI=1S/C28H33NO3/c1-6-31-27-21(5)28-24(25(17-32-28)22-12-10-18(2)11-13-22)16-23(27)19(3)15-26(30)29-14-8-7-9-20(29)4/h10-13,15-17,20H,6-9,14H2,1-5H3/b19-15+. The second-order valence-corrected chi connectivity index (χ2v) is 8.91. The average Bonchev–Trinajstić information content (AvgIpc) is 3.20. The largest absolute Gasteiger partial charge is 0.493 e. The van der Waals surface area contributed by atoms with Crippen molar-refractivity contribution in [2.24, 2.45) is 0 Å². The molecule has 168 valence electrons. The number of furan rings is 1. The average molecular weight is 432 g/mol. The molecule has 2 aromatic carbocycles. The SMILES string of the molecule is CCOc1c(/C(C)=C/C(=O)N2CCCCC2C)cc2c(-c3ccc(C)cc3)coc2c1C. The Morgan fingerprint density at radius 3 is 2.66 bits per heavy atom. The monoisotopic (exact) mass is 431 g/mol. The Hall–Kier alpha value is -3.01.